The average Bonchev–Trinajstić information content (AvgIpc) is 2.34. The second kappa shape index (κ2) is 8.78. The summed E-state index contributed by atoms with van der Waals surface area (Å²) in [6, 6.07) is 0. The summed E-state index contributed by atoms with van der Waals surface area (Å²) in [5.74, 6) is -1.11. The van der Waals surface area contributed by atoms with E-state index in [0.717, 1.165) is 5.01 Å². The van der Waals surface area contributed by atoms with Gasteiger partial charge in [-0.25, -0.2) is 24.8 Å². The maximum atomic E-state index is 11.5. The summed E-state index contributed by atoms with van der Waals surface area (Å²) in [6.45, 7) is 4.72. The standard InChI is InChI=1S/C11H18N2O6/c1-4-18-10(16)12-13(11(17)19-5-2)7-6-8(3)9(14)15/h6H,4-5,7H2,1-3H3,(H,12,16)(H,14,15)/b8-6+. The lowest BCUT2D eigenvalue weighted by Crippen LogP contribution is -2.46. The molecule has 2 amide bonds. The van der Waals surface area contributed by atoms with E-state index in [1.54, 1.807) is 13.8 Å². The van der Waals surface area contributed by atoms with E-state index < -0.39 is 18.2 Å². The molecule has 0 aromatic rings. The van der Waals surface area contributed by atoms with E-state index in [1.807, 2.05) is 0 Å². The lowest BCUT2D eigenvalue weighted by Gasteiger charge is -2.20. The molecule has 0 heterocycles. The van der Waals surface area contributed by atoms with Gasteiger partial charge in [0.2, 0.25) is 0 Å². The fourth-order valence-electron chi connectivity index (χ4n) is 0.956. The maximum Gasteiger partial charge on any atom is 0.429 e. The summed E-state index contributed by atoms with van der Waals surface area (Å²) in [4.78, 5) is 33.4. The van der Waals surface area contributed by atoms with Crippen molar-refractivity contribution < 1.29 is 29.0 Å². The highest BCUT2D eigenvalue weighted by Crippen LogP contribution is 1.97. The maximum absolute atomic E-state index is 11.5. The first-order valence-corrected chi connectivity index (χ1v) is 5.70. The van der Waals surface area contributed by atoms with Crippen LogP contribution in [0.2, 0.25) is 0 Å². The Morgan fingerprint density at radius 1 is 1.21 bits per heavy atom. The van der Waals surface area contributed by atoms with Crippen molar-refractivity contribution in [3.05, 3.63) is 11.6 Å². The molecule has 0 fully saturated rings. The zero-order valence-corrected chi connectivity index (χ0v) is 11.1. The number of rotatable bonds is 5. The number of carbonyl (C=O) groups is 3. The molecule has 0 aliphatic carbocycles. The zero-order valence-electron chi connectivity index (χ0n) is 11.1. The van der Waals surface area contributed by atoms with E-state index in [9.17, 15) is 14.4 Å². The van der Waals surface area contributed by atoms with Crippen LogP contribution in [0.3, 0.4) is 0 Å². The largest absolute Gasteiger partial charge is 0.478 e. The van der Waals surface area contributed by atoms with E-state index in [0.29, 0.717) is 0 Å². The van der Waals surface area contributed by atoms with E-state index in [1.165, 1.54) is 13.0 Å². The highest BCUT2D eigenvalue weighted by Gasteiger charge is 2.17. The minimum atomic E-state index is -1.11. The third-order valence-corrected chi connectivity index (χ3v) is 1.91. The molecule has 0 bridgehead atoms. The molecule has 0 spiro atoms. The van der Waals surface area contributed by atoms with Gasteiger partial charge in [-0.1, -0.05) is 6.08 Å². The number of aliphatic carboxylic acids is 1. The molecule has 19 heavy (non-hydrogen) atoms. The average molecular weight is 274 g/mol. The fraction of sp³-hybridized carbons (Fsp3) is 0.545. The van der Waals surface area contributed by atoms with Gasteiger partial charge in [0.1, 0.15) is 0 Å². The van der Waals surface area contributed by atoms with Gasteiger partial charge in [0.25, 0.3) is 0 Å². The molecule has 2 N–H and O–H groups in total. The van der Waals surface area contributed by atoms with Crippen LogP contribution in [0, 0.1) is 0 Å². The lowest BCUT2D eigenvalue weighted by atomic mass is 10.3. The van der Waals surface area contributed by atoms with Gasteiger partial charge in [0.05, 0.1) is 19.8 Å². The fourth-order valence-corrected chi connectivity index (χ4v) is 0.956. The van der Waals surface area contributed by atoms with Gasteiger partial charge in [0.15, 0.2) is 0 Å². The van der Waals surface area contributed by atoms with Crippen molar-refractivity contribution in [3.8, 4) is 0 Å². The molecule has 0 unspecified atom stereocenters. The van der Waals surface area contributed by atoms with Gasteiger partial charge in [-0.05, 0) is 20.8 Å². The van der Waals surface area contributed by atoms with E-state index in [-0.39, 0.29) is 25.3 Å². The molecule has 108 valence electrons. The molecule has 0 rings (SSSR count). The molecule has 0 atom stereocenters. The van der Waals surface area contributed by atoms with Crippen LogP contribution in [0.5, 0.6) is 0 Å². The van der Waals surface area contributed by atoms with Crippen molar-refractivity contribution in [2.45, 2.75) is 20.8 Å². The van der Waals surface area contributed by atoms with Crippen LogP contribution in [0.25, 0.3) is 0 Å². The predicted octanol–water partition coefficient (Wildman–Crippen LogP) is 1.14. The summed E-state index contributed by atoms with van der Waals surface area (Å²) < 4.78 is 9.33. The van der Waals surface area contributed by atoms with Crippen molar-refractivity contribution in [2.24, 2.45) is 0 Å². The second-order valence-electron chi connectivity index (χ2n) is 3.33. The van der Waals surface area contributed by atoms with Crippen molar-refractivity contribution >= 4 is 18.2 Å². The van der Waals surface area contributed by atoms with Crippen LogP contribution in [0.4, 0.5) is 9.59 Å². The van der Waals surface area contributed by atoms with Crippen molar-refractivity contribution in [1.82, 2.24) is 10.4 Å². The normalized spacial score (nSPS) is 10.6. The van der Waals surface area contributed by atoms with Crippen LogP contribution in [0.1, 0.15) is 20.8 Å². The molecule has 0 aliphatic heterocycles. The number of carboxylic acids is 1. The molecule has 0 aromatic carbocycles. The Bertz CT molecular complexity index is 366. The van der Waals surface area contributed by atoms with Crippen molar-refractivity contribution in [1.29, 1.82) is 0 Å². The smallest absolute Gasteiger partial charge is 0.429 e. The lowest BCUT2D eigenvalue weighted by molar-refractivity contribution is -0.132. The molecule has 0 aliphatic rings. The third-order valence-electron chi connectivity index (χ3n) is 1.91. The number of amides is 2. The molecular weight excluding hydrogens is 256 g/mol. The Hall–Kier alpha value is -2.25. The Morgan fingerprint density at radius 2 is 1.79 bits per heavy atom. The molecule has 0 saturated carbocycles. The van der Waals surface area contributed by atoms with Gasteiger partial charge in [-0.15, -0.1) is 0 Å². The quantitative estimate of drug-likeness (QED) is 0.575. The van der Waals surface area contributed by atoms with Gasteiger partial charge in [-0.3, -0.25) is 0 Å². The molecule has 0 radical (unpaired) electrons. The molecule has 8 nitrogen and oxygen atoms in total. The number of nitrogens with one attached hydrogen (secondary N) is 1. The monoisotopic (exact) mass is 274 g/mol. The van der Waals surface area contributed by atoms with Crippen molar-refractivity contribution in [2.75, 3.05) is 19.8 Å². The van der Waals surface area contributed by atoms with E-state index in [4.69, 9.17) is 9.84 Å². The number of ether oxygens (including phenoxy) is 2. The molecular formula is C11H18N2O6. The Labute approximate surface area is 110 Å². The number of carboxylic acid groups (broad SMARTS) is 1. The minimum absolute atomic E-state index is 0.0416. The third kappa shape index (κ3) is 6.92. The van der Waals surface area contributed by atoms with Crippen LogP contribution in [-0.4, -0.2) is 48.0 Å². The Morgan fingerprint density at radius 3 is 2.26 bits per heavy atom. The first-order chi connectivity index (χ1) is 8.92. The molecule has 0 saturated heterocycles. The Balaban J connectivity index is 4.67. The molecule has 8 heteroatoms. The summed E-state index contributed by atoms with van der Waals surface area (Å²) in [5.41, 5.74) is 2.20. The van der Waals surface area contributed by atoms with Gasteiger partial charge in [0, 0.05) is 5.57 Å². The minimum Gasteiger partial charge on any atom is -0.478 e. The van der Waals surface area contributed by atoms with Crippen LogP contribution < -0.4 is 5.43 Å². The topological polar surface area (TPSA) is 105 Å². The summed E-state index contributed by atoms with van der Waals surface area (Å²) in [5, 5.41) is 9.52. The SMILES string of the molecule is CCOC(=O)NN(C/C=C(\C)C(=O)O)C(=O)OCC. The highest BCUT2D eigenvalue weighted by molar-refractivity contribution is 5.85. The number of carbonyl (C=O) groups excluding carboxylic acids is 2. The zero-order chi connectivity index (χ0) is 14.8. The van der Waals surface area contributed by atoms with Gasteiger partial charge >= 0.3 is 18.2 Å². The summed E-state index contributed by atoms with van der Waals surface area (Å²) in [6.07, 6.45) is -0.354. The van der Waals surface area contributed by atoms with Crippen molar-refractivity contribution in [3.63, 3.8) is 0 Å². The number of hydrazine groups is 1. The second-order valence-corrected chi connectivity index (χ2v) is 3.33. The molecule has 0 aromatic heterocycles. The van der Waals surface area contributed by atoms with Crippen LogP contribution >= 0.6 is 0 Å². The predicted molar refractivity (Wildman–Crippen MR) is 65.3 cm³/mol. The Kier molecular flexibility index (Phi) is 7.74. The first kappa shape index (κ1) is 16.8. The van der Waals surface area contributed by atoms with Crippen LogP contribution in [0.15, 0.2) is 11.6 Å². The number of nitrogens with zero attached hydrogens (tertiary/aromatic N) is 1. The summed E-state index contributed by atoms with van der Waals surface area (Å²) >= 11 is 0. The van der Waals surface area contributed by atoms with Gasteiger partial charge in [-0.2, -0.15) is 0 Å². The number of hydrogen-bond donors (Lipinski definition) is 2. The van der Waals surface area contributed by atoms with Gasteiger partial charge < -0.3 is 14.6 Å². The van der Waals surface area contributed by atoms with Crippen LogP contribution in [-0.2, 0) is 14.3 Å². The van der Waals surface area contributed by atoms with E-state index >= 15 is 0 Å². The highest BCUT2D eigenvalue weighted by atomic mass is 16.6. The van der Waals surface area contributed by atoms with E-state index in [2.05, 4.69) is 10.2 Å². The summed E-state index contributed by atoms with van der Waals surface area (Å²) in [7, 11) is 0. The first-order valence-electron chi connectivity index (χ1n) is 5.70. The number of hydrogen-bond acceptors (Lipinski definition) is 5.